The van der Waals surface area contributed by atoms with Gasteiger partial charge in [-0.3, -0.25) is 4.79 Å². The first-order chi connectivity index (χ1) is 17.3. The van der Waals surface area contributed by atoms with Crippen LogP contribution < -0.4 is 15.4 Å². The second kappa shape index (κ2) is 14.6. The molecule has 1 aromatic carbocycles. The molecule has 0 aliphatic heterocycles. The van der Waals surface area contributed by atoms with Crippen LogP contribution >= 0.6 is 46.1 Å². The number of alkyl halides is 3. The largest absolute Gasteiger partial charge is 0.513 e. The van der Waals surface area contributed by atoms with Crippen molar-refractivity contribution >= 4 is 69.4 Å². The predicted octanol–water partition coefficient (Wildman–Crippen LogP) is 7.11. The van der Waals surface area contributed by atoms with Gasteiger partial charge in [0.05, 0.1) is 4.88 Å². The van der Waals surface area contributed by atoms with Crippen LogP contribution in [-0.4, -0.2) is 45.7 Å². The van der Waals surface area contributed by atoms with Crippen molar-refractivity contribution in [1.29, 1.82) is 0 Å². The summed E-state index contributed by atoms with van der Waals surface area (Å²) < 4.78 is 13.2. The normalized spacial score (nSPS) is 11.5. The van der Waals surface area contributed by atoms with Crippen LogP contribution in [0.1, 0.15) is 52.9 Å². The third-order valence-electron chi connectivity index (χ3n) is 4.44. The number of hydrogen-bond donors (Lipinski definition) is 2. The number of halogens is 3. The fourth-order valence-corrected chi connectivity index (χ4v) is 3.87. The number of amides is 2. The molecule has 2 N–H and O–H groups in total. The number of ether oxygens (including phenoxy) is 3. The fourth-order valence-electron chi connectivity index (χ4n) is 2.87. The number of hydrogen-bond acceptors (Lipinski definition) is 8. The molecule has 0 saturated carbocycles. The zero-order chi connectivity index (χ0) is 27.5. The second-order valence-electron chi connectivity index (χ2n) is 8.95. The van der Waals surface area contributed by atoms with Gasteiger partial charge in [0.25, 0.3) is 0 Å². The summed E-state index contributed by atoms with van der Waals surface area (Å²) in [6.07, 6.45) is 3.96. The summed E-state index contributed by atoms with van der Waals surface area (Å²) >= 11 is 17.9. The fraction of sp³-hybridized carbons (Fsp3) is 0.500. The van der Waals surface area contributed by atoms with Crippen LogP contribution in [0.3, 0.4) is 0 Å². The summed E-state index contributed by atoms with van der Waals surface area (Å²) in [4.78, 5) is 40.5. The maximum Gasteiger partial charge on any atom is 0.513 e. The number of nitrogens with one attached hydrogen (secondary N) is 2. The van der Waals surface area contributed by atoms with Crippen LogP contribution in [0.4, 0.5) is 14.7 Å². The molecule has 0 bridgehead atoms. The molecule has 1 aromatic heterocycles. The van der Waals surface area contributed by atoms with Crippen molar-refractivity contribution in [3.63, 3.8) is 0 Å². The lowest BCUT2D eigenvalue weighted by molar-refractivity contribution is -0.116. The van der Waals surface area contributed by atoms with Crippen LogP contribution in [0.2, 0.25) is 0 Å². The molecule has 0 radical (unpaired) electrons. The topological polar surface area (TPSA) is 116 Å². The van der Waals surface area contributed by atoms with Gasteiger partial charge in [-0.15, -0.1) is 0 Å². The van der Waals surface area contributed by atoms with Crippen LogP contribution in [0.25, 0.3) is 10.4 Å². The van der Waals surface area contributed by atoms with Crippen LogP contribution in [0.15, 0.2) is 30.5 Å². The highest BCUT2D eigenvalue weighted by atomic mass is 35.6. The van der Waals surface area contributed by atoms with Crippen molar-refractivity contribution in [2.45, 2.75) is 62.3 Å². The lowest BCUT2D eigenvalue weighted by atomic mass is 10.1. The highest BCUT2D eigenvalue weighted by Gasteiger charge is 2.23. The Kier molecular flexibility index (Phi) is 12.2. The van der Waals surface area contributed by atoms with E-state index in [0.29, 0.717) is 18.1 Å². The first-order valence-electron chi connectivity index (χ1n) is 11.5. The molecule has 13 heteroatoms. The average Bonchev–Trinajstić information content (AvgIpc) is 3.24. The highest BCUT2D eigenvalue weighted by molar-refractivity contribution is 7.19. The number of nitrogens with zero attached hydrogens (tertiary/aromatic N) is 1. The summed E-state index contributed by atoms with van der Waals surface area (Å²) in [7, 11) is 0. The van der Waals surface area contributed by atoms with Crippen LogP contribution in [0.5, 0.6) is 5.75 Å². The molecule has 0 unspecified atom stereocenters. The number of aromatic nitrogens is 1. The van der Waals surface area contributed by atoms with Gasteiger partial charge in [-0.2, -0.15) is 0 Å². The number of thiazole rings is 1. The van der Waals surface area contributed by atoms with Gasteiger partial charge in [-0.05, 0) is 63.4 Å². The standard InChI is InChI=1S/C24H30Cl3N3O6S/c1-23(2,3)36-21(32)28-13-7-5-4-6-8-19(31)30-20-29-14-18(37-20)16-9-11-17(12-10-16)35-22(33)34-15-24(25,26)27/h9-12,14H,4-8,13,15H2,1-3H3,(H,28,32)(H,29,30,31). The molecule has 9 nitrogen and oxygen atoms in total. The van der Waals surface area contributed by atoms with Gasteiger partial charge in [-0.1, -0.05) is 59.0 Å². The van der Waals surface area contributed by atoms with Gasteiger partial charge in [-0.25, -0.2) is 14.6 Å². The zero-order valence-electron chi connectivity index (χ0n) is 20.8. The summed E-state index contributed by atoms with van der Waals surface area (Å²) in [5, 5.41) is 6.03. The number of benzene rings is 1. The van der Waals surface area contributed by atoms with Crippen molar-refractivity contribution in [2.24, 2.45) is 0 Å². The van der Waals surface area contributed by atoms with E-state index in [4.69, 9.17) is 49.0 Å². The van der Waals surface area contributed by atoms with Crippen molar-refractivity contribution in [1.82, 2.24) is 10.3 Å². The summed E-state index contributed by atoms with van der Waals surface area (Å²) in [5.74, 6) is 0.154. The molecule has 204 valence electrons. The lowest BCUT2D eigenvalue weighted by Gasteiger charge is -2.19. The van der Waals surface area contributed by atoms with E-state index in [1.807, 2.05) is 20.8 Å². The molecule has 0 spiro atoms. The van der Waals surface area contributed by atoms with E-state index in [1.165, 1.54) is 11.3 Å². The Hall–Kier alpha value is -2.27. The minimum Gasteiger partial charge on any atom is -0.444 e. The van der Waals surface area contributed by atoms with E-state index in [9.17, 15) is 14.4 Å². The molecular weight excluding hydrogens is 565 g/mol. The number of alkyl carbamates (subject to hydrolysis) is 1. The molecule has 0 saturated heterocycles. The Morgan fingerprint density at radius 3 is 2.32 bits per heavy atom. The van der Waals surface area contributed by atoms with Gasteiger partial charge in [0.15, 0.2) is 5.13 Å². The quantitative estimate of drug-likeness (QED) is 0.123. The van der Waals surface area contributed by atoms with E-state index >= 15 is 0 Å². The van der Waals surface area contributed by atoms with Crippen molar-refractivity contribution in [2.75, 3.05) is 18.5 Å². The van der Waals surface area contributed by atoms with Gasteiger partial charge in [0.1, 0.15) is 18.0 Å². The maximum absolute atomic E-state index is 12.2. The lowest BCUT2D eigenvalue weighted by Crippen LogP contribution is -2.32. The number of carbonyl (C=O) groups excluding carboxylic acids is 3. The summed E-state index contributed by atoms with van der Waals surface area (Å²) in [6.45, 7) is 5.56. The minimum atomic E-state index is -1.72. The number of anilines is 1. The van der Waals surface area contributed by atoms with Gasteiger partial charge in [0, 0.05) is 19.2 Å². The van der Waals surface area contributed by atoms with Gasteiger partial charge >= 0.3 is 12.2 Å². The van der Waals surface area contributed by atoms with Crippen LogP contribution in [0, 0.1) is 0 Å². The summed E-state index contributed by atoms with van der Waals surface area (Å²) in [6, 6.07) is 6.67. The number of unbranched alkanes of at least 4 members (excludes halogenated alkanes) is 3. The van der Waals surface area contributed by atoms with Crippen molar-refractivity contribution < 1.29 is 28.6 Å². The first kappa shape index (κ1) is 31.0. The second-order valence-corrected chi connectivity index (χ2v) is 12.5. The third-order valence-corrected chi connectivity index (χ3v) is 5.73. The molecule has 0 fully saturated rings. The van der Waals surface area contributed by atoms with E-state index in [0.717, 1.165) is 36.1 Å². The Balaban J connectivity index is 1.66. The van der Waals surface area contributed by atoms with E-state index in [1.54, 1.807) is 30.5 Å². The first-order valence-corrected chi connectivity index (χ1v) is 13.5. The number of carbonyl (C=O) groups is 3. The van der Waals surface area contributed by atoms with Crippen molar-refractivity contribution in [3.8, 4) is 16.2 Å². The molecule has 2 rings (SSSR count). The Labute approximate surface area is 235 Å². The molecule has 1 heterocycles. The molecule has 2 amide bonds. The third kappa shape index (κ3) is 13.7. The van der Waals surface area contributed by atoms with Gasteiger partial charge in [0.2, 0.25) is 9.70 Å². The highest BCUT2D eigenvalue weighted by Crippen LogP contribution is 2.30. The molecule has 0 atom stereocenters. The predicted molar refractivity (Wildman–Crippen MR) is 146 cm³/mol. The monoisotopic (exact) mass is 593 g/mol. The average molecular weight is 595 g/mol. The SMILES string of the molecule is CC(C)(C)OC(=O)NCCCCCCC(=O)Nc1ncc(-c2ccc(OC(=O)OCC(Cl)(Cl)Cl)cc2)s1. The van der Waals surface area contributed by atoms with Crippen molar-refractivity contribution in [3.05, 3.63) is 30.5 Å². The molecule has 2 aromatic rings. The molecular formula is C24H30Cl3N3O6S. The Morgan fingerprint density at radius 2 is 1.68 bits per heavy atom. The van der Waals surface area contributed by atoms with E-state index in [2.05, 4.69) is 15.6 Å². The minimum absolute atomic E-state index is 0.107. The molecule has 37 heavy (non-hydrogen) atoms. The van der Waals surface area contributed by atoms with E-state index in [-0.39, 0.29) is 11.7 Å². The Morgan fingerprint density at radius 1 is 1.00 bits per heavy atom. The smallest absolute Gasteiger partial charge is 0.444 e. The van der Waals surface area contributed by atoms with Crippen LogP contribution in [-0.2, 0) is 14.3 Å². The molecule has 0 aliphatic rings. The zero-order valence-corrected chi connectivity index (χ0v) is 23.9. The number of rotatable bonds is 11. The van der Waals surface area contributed by atoms with Gasteiger partial charge < -0.3 is 24.8 Å². The molecule has 0 aliphatic carbocycles. The maximum atomic E-state index is 12.2. The van der Waals surface area contributed by atoms with E-state index < -0.39 is 28.2 Å². The Bertz CT molecular complexity index is 1040. The summed E-state index contributed by atoms with van der Waals surface area (Å²) in [5.41, 5.74) is 0.321.